The van der Waals surface area contributed by atoms with Crippen LogP contribution >= 0.6 is 0 Å². The van der Waals surface area contributed by atoms with Crippen molar-refractivity contribution in [1.82, 2.24) is 10.2 Å². The van der Waals surface area contributed by atoms with Crippen molar-refractivity contribution in [2.24, 2.45) is 5.73 Å². The smallest absolute Gasteiger partial charge is 0.239 e. The molecule has 18 heavy (non-hydrogen) atoms. The van der Waals surface area contributed by atoms with Crippen LogP contribution in [0.4, 0.5) is 0 Å². The van der Waals surface area contributed by atoms with Crippen molar-refractivity contribution in [2.75, 3.05) is 27.2 Å². The van der Waals surface area contributed by atoms with E-state index >= 15 is 0 Å². The number of carbonyl (C=O) groups excluding carboxylic acids is 1. The topological polar surface area (TPSA) is 58.4 Å². The standard InChI is InChI=1S/C14H23N3O/c1-16-9-6-10-17(2)14(18)13(15)11-12-7-4-3-5-8-12/h3-5,7-8,13,16H,6,9-11,15H2,1-2H3. The third kappa shape index (κ3) is 4.85. The molecular formula is C14H23N3O. The van der Waals surface area contributed by atoms with Gasteiger partial charge in [0.1, 0.15) is 0 Å². The van der Waals surface area contributed by atoms with Crippen LogP contribution in [-0.4, -0.2) is 44.0 Å². The molecule has 1 aromatic rings. The minimum atomic E-state index is -0.452. The maximum atomic E-state index is 12.0. The van der Waals surface area contributed by atoms with Gasteiger partial charge in [-0.1, -0.05) is 30.3 Å². The van der Waals surface area contributed by atoms with Crippen LogP contribution in [0.5, 0.6) is 0 Å². The summed E-state index contributed by atoms with van der Waals surface area (Å²) in [6.45, 7) is 1.65. The fraction of sp³-hybridized carbons (Fsp3) is 0.500. The molecule has 1 rings (SSSR count). The number of benzene rings is 1. The fourth-order valence-corrected chi connectivity index (χ4v) is 1.84. The van der Waals surface area contributed by atoms with Gasteiger partial charge in [0.15, 0.2) is 0 Å². The van der Waals surface area contributed by atoms with E-state index in [2.05, 4.69) is 5.32 Å². The predicted octanol–water partition coefficient (Wildman–Crippen LogP) is 0.624. The molecular weight excluding hydrogens is 226 g/mol. The number of likely N-dealkylation sites (N-methyl/N-ethyl adjacent to an activating group) is 1. The van der Waals surface area contributed by atoms with Gasteiger partial charge >= 0.3 is 0 Å². The third-order valence-electron chi connectivity index (χ3n) is 2.91. The summed E-state index contributed by atoms with van der Waals surface area (Å²) in [5, 5.41) is 3.06. The van der Waals surface area contributed by atoms with Gasteiger partial charge in [-0.25, -0.2) is 0 Å². The molecule has 1 aromatic carbocycles. The first-order chi connectivity index (χ1) is 8.65. The molecule has 0 saturated carbocycles. The van der Waals surface area contributed by atoms with Crippen molar-refractivity contribution in [3.8, 4) is 0 Å². The summed E-state index contributed by atoms with van der Waals surface area (Å²) in [4.78, 5) is 13.7. The summed E-state index contributed by atoms with van der Waals surface area (Å²) in [6, 6.07) is 9.42. The number of carbonyl (C=O) groups is 1. The lowest BCUT2D eigenvalue weighted by molar-refractivity contribution is -0.131. The lowest BCUT2D eigenvalue weighted by Crippen LogP contribution is -2.43. The van der Waals surface area contributed by atoms with E-state index in [0.717, 1.165) is 25.1 Å². The molecule has 0 spiro atoms. The van der Waals surface area contributed by atoms with Gasteiger partial charge in [-0.2, -0.15) is 0 Å². The summed E-state index contributed by atoms with van der Waals surface area (Å²) in [5.41, 5.74) is 7.05. The molecule has 0 aliphatic carbocycles. The van der Waals surface area contributed by atoms with Crippen LogP contribution in [0.15, 0.2) is 30.3 Å². The number of nitrogens with two attached hydrogens (primary N) is 1. The molecule has 3 N–H and O–H groups in total. The molecule has 0 radical (unpaired) electrons. The Morgan fingerprint density at radius 1 is 1.39 bits per heavy atom. The van der Waals surface area contributed by atoms with E-state index in [9.17, 15) is 4.79 Å². The minimum Gasteiger partial charge on any atom is -0.344 e. The van der Waals surface area contributed by atoms with Crippen molar-refractivity contribution >= 4 is 5.91 Å². The van der Waals surface area contributed by atoms with Gasteiger partial charge in [0, 0.05) is 13.6 Å². The van der Waals surface area contributed by atoms with Crippen LogP contribution in [0.25, 0.3) is 0 Å². The highest BCUT2D eigenvalue weighted by molar-refractivity contribution is 5.81. The molecule has 0 aliphatic heterocycles. The second-order valence-electron chi connectivity index (χ2n) is 4.51. The number of amides is 1. The molecule has 1 atom stereocenters. The summed E-state index contributed by atoms with van der Waals surface area (Å²) in [7, 11) is 3.71. The molecule has 4 nitrogen and oxygen atoms in total. The zero-order valence-electron chi connectivity index (χ0n) is 11.2. The monoisotopic (exact) mass is 249 g/mol. The number of hydrogen-bond donors (Lipinski definition) is 2. The van der Waals surface area contributed by atoms with Gasteiger partial charge < -0.3 is 16.0 Å². The second-order valence-corrected chi connectivity index (χ2v) is 4.51. The van der Waals surface area contributed by atoms with Crippen molar-refractivity contribution in [3.63, 3.8) is 0 Å². The minimum absolute atomic E-state index is 0.00922. The molecule has 0 saturated heterocycles. The Hall–Kier alpha value is -1.39. The van der Waals surface area contributed by atoms with Crippen molar-refractivity contribution < 1.29 is 4.79 Å². The van der Waals surface area contributed by atoms with Crippen LogP contribution in [0.1, 0.15) is 12.0 Å². The first-order valence-electron chi connectivity index (χ1n) is 6.34. The van der Waals surface area contributed by atoms with Gasteiger partial charge in [-0.05, 0) is 32.0 Å². The van der Waals surface area contributed by atoms with Crippen molar-refractivity contribution in [1.29, 1.82) is 0 Å². The van der Waals surface area contributed by atoms with Crippen LogP contribution < -0.4 is 11.1 Å². The Labute approximate surface area is 109 Å². The summed E-state index contributed by atoms with van der Waals surface area (Å²) < 4.78 is 0. The van der Waals surface area contributed by atoms with Gasteiger partial charge in [0.2, 0.25) is 5.91 Å². The fourth-order valence-electron chi connectivity index (χ4n) is 1.84. The zero-order valence-corrected chi connectivity index (χ0v) is 11.2. The summed E-state index contributed by atoms with van der Waals surface area (Å²) in [6.07, 6.45) is 1.53. The van der Waals surface area contributed by atoms with Crippen LogP contribution in [0.3, 0.4) is 0 Å². The molecule has 0 fully saturated rings. The SMILES string of the molecule is CNCCCN(C)C(=O)C(N)Cc1ccccc1. The van der Waals surface area contributed by atoms with Gasteiger partial charge in [-0.15, -0.1) is 0 Å². The molecule has 0 aliphatic rings. The molecule has 4 heteroatoms. The van der Waals surface area contributed by atoms with Gasteiger partial charge in [0.25, 0.3) is 0 Å². The predicted molar refractivity (Wildman–Crippen MR) is 74.3 cm³/mol. The second kappa shape index (κ2) is 7.84. The van der Waals surface area contributed by atoms with Crippen LogP contribution in [0, 0.1) is 0 Å². The number of rotatable bonds is 7. The first-order valence-corrected chi connectivity index (χ1v) is 6.34. The van der Waals surface area contributed by atoms with E-state index in [1.54, 1.807) is 4.90 Å². The highest BCUT2D eigenvalue weighted by atomic mass is 16.2. The van der Waals surface area contributed by atoms with Gasteiger partial charge in [0.05, 0.1) is 6.04 Å². The van der Waals surface area contributed by atoms with E-state index in [0.29, 0.717) is 6.42 Å². The van der Waals surface area contributed by atoms with E-state index in [1.807, 2.05) is 44.4 Å². The Balaban J connectivity index is 2.41. The number of nitrogens with zero attached hydrogens (tertiary/aromatic N) is 1. The maximum Gasteiger partial charge on any atom is 0.239 e. The highest BCUT2D eigenvalue weighted by Crippen LogP contribution is 2.04. The molecule has 100 valence electrons. The average molecular weight is 249 g/mol. The average Bonchev–Trinajstić information content (AvgIpc) is 2.39. The number of hydrogen-bond acceptors (Lipinski definition) is 3. The summed E-state index contributed by atoms with van der Waals surface area (Å²) in [5.74, 6) is 0.00922. The Morgan fingerprint density at radius 3 is 2.67 bits per heavy atom. The Kier molecular flexibility index (Phi) is 6.39. The lowest BCUT2D eigenvalue weighted by Gasteiger charge is -2.21. The Bertz CT molecular complexity index is 353. The van der Waals surface area contributed by atoms with Gasteiger partial charge in [-0.3, -0.25) is 4.79 Å². The maximum absolute atomic E-state index is 12.0. The van der Waals surface area contributed by atoms with Crippen molar-refractivity contribution in [2.45, 2.75) is 18.9 Å². The summed E-state index contributed by atoms with van der Waals surface area (Å²) >= 11 is 0. The largest absolute Gasteiger partial charge is 0.344 e. The zero-order chi connectivity index (χ0) is 13.4. The lowest BCUT2D eigenvalue weighted by atomic mass is 10.1. The van der Waals surface area contributed by atoms with Crippen LogP contribution in [-0.2, 0) is 11.2 Å². The van der Waals surface area contributed by atoms with E-state index < -0.39 is 6.04 Å². The number of nitrogens with one attached hydrogen (secondary N) is 1. The first kappa shape index (κ1) is 14.7. The van der Waals surface area contributed by atoms with Crippen LogP contribution in [0.2, 0.25) is 0 Å². The van der Waals surface area contributed by atoms with E-state index in [1.165, 1.54) is 0 Å². The molecule has 0 aromatic heterocycles. The van der Waals surface area contributed by atoms with Crippen molar-refractivity contribution in [3.05, 3.63) is 35.9 Å². The normalized spacial score (nSPS) is 12.2. The van der Waals surface area contributed by atoms with E-state index in [4.69, 9.17) is 5.73 Å². The molecule has 1 unspecified atom stereocenters. The van der Waals surface area contributed by atoms with E-state index in [-0.39, 0.29) is 5.91 Å². The third-order valence-corrected chi connectivity index (χ3v) is 2.91. The molecule has 0 heterocycles. The molecule has 1 amide bonds. The Morgan fingerprint density at radius 2 is 2.06 bits per heavy atom. The molecule has 0 bridgehead atoms. The highest BCUT2D eigenvalue weighted by Gasteiger charge is 2.17. The quantitative estimate of drug-likeness (QED) is 0.697.